The molecule has 4 aromatic rings. The maximum Gasteiger partial charge on any atom is 0.338 e. The molecule has 1 aliphatic rings. The minimum Gasteiger partial charge on any atom is -0.497 e. The molecule has 206 valence electrons. The molecule has 8 nitrogen and oxygen atoms in total. The van der Waals surface area contributed by atoms with E-state index >= 15 is 0 Å². The third kappa shape index (κ3) is 4.77. The monoisotopic (exact) mass is 558 g/mol. The lowest BCUT2D eigenvalue weighted by Crippen LogP contribution is -2.40. The second kappa shape index (κ2) is 11.4. The van der Waals surface area contributed by atoms with Crippen molar-refractivity contribution in [1.82, 2.24) is 4.57 Å². The summed E-state index contributed by atoms with van der Waals surface area (Å²) in [5.41, 5.74) is 1.91. The van der Waals surface area contributed by atoms with E-state index in [9.17, 15) is 9.59 Å². The molecule has 0 saturated carbocycles. The van der Waals surface area contributed by atoms with Crippen molar-refractivity contribution in [2.24, 2.45) is 4.99 Å². The Labute approximate surface area is 235 Å². The number of benzene rings is 3. The summed E-state index contributed by atoms with van der Waals surface area (Å²) in [6, 6.07) is 16.4. The lowest BCUT2D eigenvalue weighted by atomic mass is 9.95. The fourth-order valence-corrected chi connectivity index (χ4v) is 6.00. The molecule has 2 heterocycles. The molecule has 0 fully saturated rings. The zero-order chi connectivity index (χ0) is 28.4. The van der Waals surface area contributed by atoms with Gasteiger partial charge < -0.3 is 18.9 Å². The van der Waals surface area contributed by atoms with Crippen molar-refractivity contribution in [3.05, 3.63) is 96.7 Å². The predicted molar refractivity (Wildman–Crippen MR) is 155 cm³/mol. The Kier molecular flexibility index (Phi) is 7.75. The SMILES string of the molecule is CCOC(=O)C1=C(C)N=c2sc(=Cc3c(OCC)ccc4ccccc34)c(=O)n2C1c1ccc(OC)cc1OC. The maximum absolute atomic E-state index is 14.2. The third-order valence-electron chi connectivity index (χ3n) is 6.76. The van der Waals surface area contributed by atoms with Crippen LogP contribution >= 0.6 is 11.3 Å². The average Bonchev–Trinajstić information content (AvgIpc) is 3.27. The van der Waals surface area contributed by atoms with Crippen LogP contribution < -0.4 is 29.1 Å². The van der Waals surface area contributed by atoms with Gasteiger partial charge in [0.05, 0.1) is 43.2 Å². The highest BCUT2D eigenvalue weighted by molar-refractivity contribution is 7.07. The van der Waals surface area contributed by atoms with E-state index in [0.717, 1.165) is 16.3 Å². The van der Waals surface area contributed by atoms with Gasteiger partial charge in [-0.05, 0) is 55.8 Å². The summed E-state index contributed by atoms with van der Waals surface area (Å²) in [4.78, 5) is 32.6. The molecule has 5 rings (SSSR count). The van der Waals surface area contributed by atoms with Crippen molar-refractivity contribution in [1.29, 1.82) is 0 Å². The van der Waals surface area contributed by atoms with E-state index in [1.165, 1.54) is 11.3 Å². The molecule has 3 aromatic carbocycles. The summed E-state index contributed by atoms with van der Waals surface area (Å²) in [5.74, 6) is 1.21. The number of hydrogen-bond acceptors (Lipinski definition) is 8. The predicted octanol–water partition coefficient (Wildman–Crippen LogP) is 4.37. The molecular weight excluding hydrogens is 528 g/mol. The Morgan fingerprint density at radius 1 is 1.02 bits per heavy atom. The van der Waals surface area contributed by atoms with E-state index in [1.54, 1.807) is 50.8 Å². The van der Waals surface area contributed by atoms with Crippen molar-refractivity contribution in [3.63, 3.8) is 0 Å². The molecule has 0 radical (unpaired) electrons. The van der Waals surface area contributed by atoms with Crippen LogP contribution in [0.5, 0.6) is 17.2 Å². The Morgan fingerprint density at radius 3 is 2.55 bits per heavy atom. The standard InChI is InChI=1S/C31H30N2O6S/c1-6-38-24-15-12-19-10-8-9-11-21(19)23(24)17-26-29(34)33-28(22-14-13-20(36-4)16-25(22)37-5)27(30(35)39-7-2)18(3)32-31(33)40-26/h8-17,28H,6-7H2,1-5H3. The zero-order valence-corrected chi connectivity index (χ0v) is 23.8. The molecule has 1 atom stereocenters. The van der Waals surface area contributed by atoms with Gasteiger partial charge in [0.2, 0.25) is 0 Å². The number of ether oxygens (including phenoxy) is 4. The van der Waals surface area contributed by atoms with E-state index in [1.807, 2.05) is 49.4 Å². The number of rotatable bonds is 8. The lowest BCUT2D eigenvalue weighted by molar-refractivity contribution is -0.139. The van der Waals surface area contributed by atoms with E-state index in [-0.39, 0.29) is 17.7 Å². The highest BCUT2D eigenvalue weighted by atomic mass is 32.1. The molecule has 0 bridgehead atoms. The summed E-state index contributed by atoms with van der Waals surface area (Å²) >= 11 is 1.26. The second-order valence-electron chi connectivity index (χ2n) is 9.04. The van der Waals surface area contributed by atoms with Gasteiger partial charge in [0.1, 0.15) is 23.3 Å². The number of methoxy groups -OCH3 is 2. The van der Waals surface area contributed by atoms with Crippen LogP contribution in [-0.2, 0) is 9.53 Å². The Morgan fingerprint density at radius 2 is 1.82 bits per heavy atom. The number of allylic oxidation sites excluding steroid dienone is 1. The molecule has 40 heavy (non-hydrogen) atoms. The summed E-state index contributed by atoms with van der Waals surface area (Å²) in [6.45, 7) is 6.10. The van der Waals surface area contributed by atoms with E-state index < -0.39 is 12.0 Å². The summed E-state index contributed by atoms with van der Waals surface area (Å²) in [5, 5.41) is 2.00. The van der Waals surface area contributed by atoms with E-state index in [2.05, 4.69) is 4.99 Å². The molecule has 1 aromatic heterocycles. The smallest absolute Gasteiger partial charge is 0.338 e. The van der Waals surface area contributed by atoms with Crippen LogP contribution in [0.4, 0.5) is 0 Å². The van der Waals surface area contributed by atoms with Gasteiger partial charge in [0, 0.05) is 17.2 Å². The first kappa shape index (κ1) is 27.2. The topological polar surface area (TPSA) is 88.4 Å². The minimum atomic E-state index is -0.808. The Hall–Kier alpha value is -4.37. The second-order valence-corrected chi connectivity index (χ2v) is 10.1. The highest BCUT2D eigenvalue weighted by Crippen LogP contribution is 2.37. The van der Waals surface area contributed by atoms with Crippen molar-refractivity contribution in [2.45, 2.75) is 26.8 Å². The normalized spacial score (nSPS) is 15.0. The Bertz CT molecular complexity index is 1820. The van der Waals surface area contributed by atoms with Crippen LogP contribution in [0.2, 0.25) is 0 Å². The quantitative estimate of drug-likeness (QED) is 0.299. The molecule has 1 unspecified atom stereocenters. The van der Waals surface area contributed by atoms with Gasteiger partial charge in [0.15, 0.2) is 4.80 Å². The molecule has 0 saturated heterocycles. The van der Waals surface area contributed by atoms with Gasteiger partial charge in [-0.2, -0.15) is 0 Å². The van der Waals surface area contributed by atoms with Crippen molar-refractivity contribution < 1.29 is 23.7 Å². The number of fused-ring (bicyclic) bond motifs is 2. The number of nitrogens with zero attached hydrogens (tertiary/aromatic N) is 2. The number of hydrogen-bond donors (Lipinski definition) is 0. The van der Waals surface area contributed by atoms with Gasteiger partial charge in [-0.25, -0.2) is 9.79 Å². The fraction of sp³-hybridized carbons (Fsp3) is 0.258. The van der Waals surface area contributed by atoms with Gasteiger partial charge in [0.25, 0.3) is 5.56 Å². The fourth-order valence-electron chi connectivity index (χ4n) is 4.97. The number of carbonyl (C=O) groups excluding carboxylic acids is 1. The van der Waals surface area contributed by atoms with Crippen molar-refractivity contribution >= 4 is 34.2 Å². The maximum atomic E-state index is 14.2. The third-order valence-corrected chi connectivity index (χ3v) is 7.74. The van der Waals surface area contributed by atoms with Gasteiger partial charge in [-0.3, -0.25) is 9.36 Å². The number of carbonyl (C=O) groups is 1. The largest absolute Gasteiger partial charge is 0.497 e. The summed E-state index contributed by atoms with van der Waals surface area (Å²) in [6.07, 6.45) is 1.85. The molecular formula is C31H30N2O6S. The molecule has 0 N–H and O–H groups in total. The molecule has 0 aliphatic carbocycles. The van der Waals surface area contributed by atoms with E-state index in [0.29, 0.717) is 44.4 Å². The van der Waals surface area contributed by atoms with Gasteiger partial charge in [-0.1, -0.05) is 41.7 Å². The van der Waals surface area contributed by atoms with Crippen LogP contribution in [0.1, 0.15) is 37.9 Å². The molecule has 0 amide bonds. The van der Waals surface area contributed by atoms with Crippen LogP contribution in [0.15, 0.2) is 75.7 Å². The lowest BCUT2D eigenvalue weighted by Gasteiger charge is -2.26. The summed E-state index contributed by atoms with van der Waals surface area (Å²) < 4.78 is 24.4. The average molecular weight is 559 g/mol. The first-order valence-corrected chi connectivity index (χ1v) is 13.8. The number of aromatic nitrogens is 1. The van der Waals surface area contributed by atoms with E-state index in [4.69, 9.17) is 18.9 Å². The first-order chi connectivity index (χ1) is 19.4. The molecule has 9 heteroatoms. The van der Waals surface area contributed by atoms with Gasteiger partial charge >= 0.3 is 5.97 Å². The number of thiazole rings is 1. The summed E-state index contributed by atoms with van der Waals surface area (Å²) in [7, 11) is 3.10. The molecule has 0 spiro atoms. The van der Waals surface area contributed by atoms with Crippen LogP contribution in [-0.4, -0.2) is 38.0 Å². The first-order valence-electron chi connectivity index (χ1n) is 13.0. The minimum absolute atomic E-state index is 0.188. The van der Waals surface area contributed by atoms with Crippen molar-refractivity contribution in [2.75, 3.05) is 27.4 Å². The van der Waals surface area contributed by atoms with Crippen molar-refractivity contribution in [3.8, 4) is 17.2 Å². The van der Waals surface area contributed by atoms with Crippen LogP contribution in [0.3, 0.4) is 0 Å². The van der Waals surface area contributed by atoms with Crippen LogP contribution in [0, 0.1) is 0 Å². The number of esters is 1. The zero-order valence-electron chi connectivity index (χ0n) is 23.0. The Balaban J connectivity index is 1.80. The van der Waals surface area contributed by atoms with Crippen LogP contribution in [0.25, 0.3) is 16.8 Å². The van der Waals surface area contributed by atoms with Gasteiger partial charge in [-0.15, -0.1) is 0 Å². The highest BCUT2D eigenvalue weighted by Gasteiger charge is 2.35. The molecule has 1 aliphatic heterocycles.